The summed E-state index contributed by atoms with van der Waals surface area (Å²) in [5.41, 5.74) is 3.17. The van der Waals surface area contributed by atoms with Crippen LogP contribution in [0.15, 0.2) is 72.9 Å². The Labute approximate surface area is 266 Å². The average Bonchev–Trinajstić information content (AvgIpc) is 3.29. The topological polar surface area (TPSA) is 93.1 Å². The van der Waals surface area contributed by atoms with Crippen LogP contribution in [0.4, 0.5) is 0 Å². The van der Waals surface area contributed by atoms with Crippen molar-refractivity contribution in [2.45, 2.75) is 129 Å². The van der Waals surface area contributed by atoms with Crippen LogP contribution >= 0.6 is 7.60 Å². The number of hydrogen-bond acceptors (Lipinski definition) is 6. The van der Waals surface area contributed by atoms with Crippen LogP contribution < -0.4 is 0 Å². The highest BCUT2D eigenvalue weighted by molar-refractivity contribution is 7.57. The number of ketones is 1. The fraction of sp³-hybridized carbons (Fsp3) is 0.649. The highest BCUT2D eigenvalue weighted by Crippen LogP contribution is 2.65. The van der Waals surface area contributed by atoms with E-state index in [-0.39, 0.29) is 30.0 Å². The Hall–Kier alpha value is -1.82. The Kier molecular flexibility index (Phi) is 12.6. The van der Waals surface area contributed by atoms with Crippen molar-refractivity contribution in [1.82, 2.24) is 0 Å². The molecule has 0 amide bonds. The number of hydrogen-bond donors (Lipinski definition) is 2. The summed E-state index contributed by atoms with van der Waals surface area (Å²) in [4.78, 5) is 14.1. The zero-order chi connectivity index (χ0) is 32.9. The van der Waals surface area contributed by atoms with E-state index in [2.05, 4.69) is 45.7 Å². The van der Waals surface area contributed by atoms with Gasteiger partial charge in [0.05, 0.1) is 24.4 Å². The first kappa shape index (κ1) is 36.6. The molecule has 0 radical (unpaired) electrons. The lowest BCUT2D eigenvalue weighted by Gasteiger charge is -2.44. The van der Waals surface area contributed by atoms with Gasteiger partial charge in [-0.2, -0.15) is 0 Å². The summed E-state index contributed by atoms with van der Waals surface area (Å²) in [6, 6.07) is 0. The lowest BCUT2D eigenvalue weighted by molar-refractivity contribution is -0.117. The van der Waals surface area contributed by atoms with Gasteiger partial charge in [-0.1, -0.05) is 56.4 Å². The standard InChI is InChI=1S/C37H57O6P/c1-10-20-37(21-11-2,44(41,42-25(3)4)43-26(5)6)35(40)19-14-27(7)32-17-18-33-29(13-12-22-36(32,33)9)15-16-30-23-31(38)24-34(39)28(30)8/h10-11,14-16,19,25-27,31-34,38-39H,1-2,8,12-13,17-18,20-24H2,3-7,9H3/b19-14+,29-15+,30-16-/t27-,31-,32-,33?,34+,36-/m1/s1. The van der Waals surface area contributed by atoms with Crippen LogP contribution in [0.3, 0.4) is 0 Å². The summed E-state index contributed by atoms with van der Waals surface area (Å²) < 4.78 is 26.4. The molecule has 6 atom stereocenters. The van der Waals surface area contributed by atoms with Crippen molar-refractivity contribution in [2.75, 3.05) is 0 Å². The highest BCUT2D eigenvalue weighted by Gasteiger charge is 2.55. The fourth-order valence-electron chi connectivity index (χ4n) is 8.04. The quantitative estimate of drug-likeness (QED) is 0.113. The number of carbonyl (C=O) groups excluding carboxylic acids is 1. The smallest absolute Gasteiger partial charge is 0.345 e. The molecule has 44 heavy (non-hydrogen) atoms. The molecular weight excluding hydrogens is 571 g/mol. The van der Waals surface area contributed by atoms with E-state index in [1.807, 2.05) is 6.08 Å². The molecule has 0 bridgehead atoms. The molecule has 3 fully saturated rings. The molecule has 6 nitrogen and oxygen atoms in total. The van der Waals surface area contributed by atoms with Gasteiger partial charge >= 0.3 is 7.60 Å². The van der Waals surface area contributed by atoms with E-state index < -0.39 is 37.2 Å². The van der Waals surface area contributed by atoms with E-state index in [0.29, 0.717) is 30.3 Å². The SMILES string of the molecule is C=CCC(CC=C)(C(=O)/C=C/[C@@H](C)[C@H]1CCC2/C(=C/C=C3/C[C@@H](O)C[C@H](O)C3=C)CCC[C@@]21C)P(=O)(OC(C)C)OC(C)C. The van der Waals surface area contributed by atoms with Gasteiger partial charge in [0.25, 0.3) is 0 Å². The van der Waals surface area contributed by atoms with Crippen LogP contribution in [0, 0.1) is 23.2 Å². The molecule has 7 heteroatoms. The number of fused-ring (bicyclic) bond motifs is 1. The molecule has 0 saturated heterocycles. The maximum atomic E-state index is 14.4. The second-order valence-electron chi connectivity index (χ2n) is 14.1. The molecule has 3 aliphatic carbocycles. The first-order valence-corrected chi connectivity index (χ1v) is 18.0. The summed E-state index contributed by atoms with van der Waals surface area (Å²) in [6.45, 7) is 23.6. The predicted molar refractivity (Wildman–Crippen MR) is 180 cm³/mol. The Balaban J connectivity index is 1.88. The van der Waals surface area contributed by atoms with Crippen LogP contribution in [-0.4, -0.2) is 45.6 Å². The van der Waals surface area contributed by atoms with Gasteiger partial charge < -0.3 is 19.3 Å². The van der Waals surface area contributed by atoms with E-state index in [1.54, 1.807) is 45.9 Å². The fourth-order valence-corrected chi connectivity index (χ4v) is 10.7. The van der Waals surface area contributed by atoms with Crippen molar-refractivity contribution < 1.29 is 28.6 Å². The molecule has 0 spiro atoms. The Morgan fingerprint density at radius 1 is 1.07 bits per heavy atom. The Bertz CT molecular complexity index is 1180. The van der Waals surface area contributed by atoms with Crippen LogP contribution in [-0.2, 0) is 18.4 Å². The zero-order valence-electron chi connectivity index (χ0n) is 28.0. The number of rotatable bonds is 14. The monoisotopic (exact) mass is 628 g/mol. The molecule has 3 rings (SSSR count). The summed E-state index contributed by atoms with van der Waals surface area (Å²) in [5.74, 6) is 0.689. The molecule has 0 aromatic rings. The summed E-state index contributed by atoms with van der Waals surface area (Å²) in [7, 11) is -3.92. The molecule has 2 N–H and O–H groups in total. The molecule has 1 unspecified atom stereocenters. The van der Waals surface area contributed by atoms with Gasteiger partial charge in [-0.25, -0.2) is 0 Å². The van der Waals surface area contributed by atoms with E-state index in [4.69, 9.17) is 9.05 Å². The minimum atomic E-state index is -3.92. The summed E-state index contributed by atoms with van der Waals surface area (Å²) in [5, 5.41) is 19.0. The minimum absolute atomic E-state index is 0.0914. The molecule has 0 heterocycles. The third kappa shape index (κ3) is 7.76. The van der Waals surface area contributed by atoms with Crippen molar-refractivity contribution in [1.29, 1.82) is 0 Å². The van der Waals surface area contributed by atoms with Crippen molar-refractivity contribution in [3.05, 3.63) is 72.9 Å². The molecule has 246 valence electrons. The third-order valence-corrected chi connectivity index (χ3v) is 13.2. The lowest BCUT2D eigenvalue weighted by Crippen LogP contribution is -2.40. The molecule has 3 aliphatic rings. The van der Waals surface area contributed by atoms with Gasteiger partial charge in [-0.3, -0.25) is 9.36 Å². The van der Waals surface area contributed by atoms with Gasteiger partial charge in [0.15, 0.2) is 5.78 Å². The van der Waals surface area contributed by atoms with E-state index in [0.717, 1.165) is 37.7 Å². The zero-order valence-corrected chi connectivity index (χ0v) is 28.9. The third-order valence-electron chi connectivity index (χ3n) is 10.1. The highest BCUT2D eigenvalue weighted by atomic mass is 31.2. The predicted octanol–water partition coefficient (Wildman–Crippen LogP) is 8.82. The van der Waals surface area contributed by atoms with Crippen LogP contribution in [0.25, 0.3) is 0 Å². The molecule has 0 aromatic heterocycles. The van der Waals surface area contributed by atoms with Gasteiger partial charge in [-0.05, 0) is 119 Å². The largest absolute Gasteiger partial charge is 0.393 e. The van der Waals surface area contributed by atoms with Gasteiger partial charge in [0, 0.05) is 6.42 Å². The van der Waals surface area contributed by atoms with Crippen LogP contribution in [0.5, 0.6) is 0 Å². The van der Waals surface area contributed by atoms with E-state index in [9.17, 15) is 19.6 Å². The minimum Gasteiger partial charge on any atom is -0.393 e. The second kappa shape index (κ2) is 15.2. The van der Waals surface area contributed by atoms with Crippen molar-refractivity contribution in [3.8, 4) is 0 Å². The Morgan fingerprint density at radius 2 is 1.68 bits per heavy atom. The molecule has 0 aliphatic heterocycles. The maximum Gasteiger partial charge on any atom is 0.345 e. The normalized spacial score (nSPS) is 30.8. The van der Waals surface area contributed by atoms with Crippen molar-refractivity contribution in [3.63, 3.8) is 0 Å². The first-order chi connectivity index (χ1) is 20.6. The number of carbonyl (C=O) groups is 1. The maximum absolute atomic E-state index is 14.4. The van der Waals surface area contributed by atoms with E-state index >= 15 is 0 Å². The van der Waals surface area contributed by atoms with E-state index in [1.165, 1.54) is 5.57 Å². The number of aliphatic hydroxyl groups is 2. The molecular formula is C37H57O6P. The summed E-state index contributed by atoms with van der Waals surface area (Å²) in [6.07, 6.45) is 15.7. The lowest BCUT2D eigenvalue weighted by atomic mass is 9.61. The average molecular weight is 629 g/mol. The van der Waals surface area contributed by atoms with Crippen LogP contribution in [0.1, 0.15) is 99.3 Å². The van der Waals surface area contributed by atoms with Crippen molar-refractivity contribution in [2.24, 2.45) is 23.2 Å². The van der Waals surface area contributed by atoms with Gasteiger partial charge in [0.2, 0.25) is 0 Å². The Morgan fingerprint density at radius 3 is 2.25 bits per heavy atom. The second-order valence-corrected chi connectivity index (χ2v) is 16.3. The molecule has 3 saturated carbocycles. The van der Waals surface area contributed by atoms with Crippen molar-refractivity contribution >= 4 is 13.4 Å². The van der Waals surface area contributed by atoms with Crippen LogP contribution in [0.2, 0.25) is 0 Å². The van der Waals surface area contributed by atoms with Gasteiger partial charge in [0.1, 0.15) is 5.16 Å². The molecule has 0 aromatic carbocycles. The summed E-state index contributed by atoms with van der Waals surface area (Å²) >= 11 is 0. The number of aliphatic hydroxyl groups excluding tert-OH is 2. The first-order valence-electron chi connectivity index (χ1n) is 16.5. The van der Waals surface area contributed by atoms with Gasteiger partial charge in [-0.15, -0.1) is 13.2 Å². The number of allylic oxidation sites excluding steroid dienone is 7.